The topological polar surface area (TPSA) is 512 Å². The minimum absolute atomic E-state index is 0.0454. The molecule has 0 bridgehead atoms. The first kappa shape index (κ1) is 62.2. The number of aliphatic carboxylic acids is 4. The molecule has 0 aliphatic rings. The van der Waals surface area contributed by atoms with Gasteiger partial charge in [-0.25, -0.2) is 4.79 Å². The van der Waals surface area contributed by atoms with Crippen molar-refractivity contribution in [1.82, 2.24) is 37.2 Å². The van der Waals surface area contributed by atoms with E-state index in [1.54, 1.807) is 6.26 Å². The number of nitrogens with zero attached hydrogens (tertiary/aromatic N) is 1. The van der Waals surface area contributed by atoms with Crippen LogP contribution in [0.2, 0.25) is 0 Å². The van der Waals surface area contributed by atoms with Crippen molar-refractivity contribution >= 4 is 88.9 Å². The Bertz CT molecular complexity index is 1840. The Labute approximate surface area is 400 Å². The molecule has 21 N–H and O–H groups in total. The Balaban J connectivity index is 6.70. The highest BCUT2D eigenvalue weighted by atomic mass is 32.2. The van der Waals surface area contributed by atoms with Crippen molar-refractivity contribution < 1.29 is 78.0 Å². The number of guanidine groups is 1. The van der Waals surface area contributed by atoms with Crippen LogP contribution in [0.25, 0.3) is 0 Å². The summed E-state index contributed by atoms with van der Waals surface area (Å²) in [5.74, 6) is -13.7. The van der Waals surface area contributed by atoms with Gasteiger partial charge in [0.05, 0.1) is 12.5 Å². The molecule has 0 aliphatic carbocycles. The van der Waals surface area contributed by atoms with Gasteiger partial charge in [-0.15, -0.1) is 0 Å². The summed E-state index contributed by atoms with van der Waals surface area (Å²) in [6.07, 6.45) is -1.78. The summed E-state index contributed by atoms with van der Waals surface area (Å²) in [5, 5.41) is 53.0. The van der Waals surface area contributed by atoms with Gasteiger partial charge in [-0.2, -0.15) is 11.8 Å². The quantitative estimate of drug-likeness (QED) is 0.0157. The van der Waals surface area contributed by atoms with Crippen molar-refractivity contribution in [2.45, 2.75) is 139 Å². The maximum atomic E-state index is 14.0. The minimum atomic E-state index is -1.83. The van der Waals surface area contributed by atoms with Gasteiger partial charge in [-0.1, -0.05) is 0 Å². The number of carboxylic acids is 4. The van der Waals surface area contributed by atoms with Crippen molar-refractivity contribution in [3.8, 4) is 0 Å². The van der Waals surface area contributed by atoms with Gasteiger partial charge in [0.2, 0.25) is 47.3 Å². The number of thioether (sulfide) groups is 1. The highest BCUT2D eigenvalue weighted by Crippen LogP contribution is 2.10. The molecule has 0 rings (SSSR count). The van der Waals surface area contributed by atoms with E-state index in [0.29, 0.717) is 6.42 Å². The largest absolute Gasteiger partial charge is 0.481 e. The van der Waals surface area contributed by atoms with E-state index in [1.165, 1.54) is 18.7 Å². The minimum Gasteiger partial charge on any atom is -0.481 e. The lowest BCUT2D eigenvalue weighted by Gasteiger charge is -2.27. The Morgan fingerprint density at radius 1 is 0.507 bits per heavy atom. The summed E-state index contributed by atoms with van der Waals surface area (Å²) in [4.78, 5) is 155. The second kappa shape index (κ2) is 33.6. The molecule has 0 unspecified atom stereocenters. The Kier molecular flexibility index (Phi) is 30.3. The molecule has 0 saturated carbocycles. The molecule has 8 amide bonds. The Morgan fingerprint density at radius 3 is 1.36 bits per heavy atom. The van der Waals surface area contributed by atoms with E-state index in [0.717, 1.165) is 0 Å². The summed E-state index contributed by atoms with van der Waals surface area (Å²) in [5.41, 5.74) is 27.6. The number of nitrogens with two attached hydrogens (primary N) is 5. The van der Waals surface area contributed by atoms with Crippen LogP contribution < -0.4 is 65.9 Å². The molecule has 0 aromatic rings. The van der Waals surface area contributed by atoms with Gasteiger partial charge in [0.25, 0.3) is 0 Å². The first-order valence-corrected chi connectivity index (χ1v) is 23.0. The number of carboxylic acid groups (broad SMARTS) is 4. The third-order valence-electron chi connectivity index (χ3n) is 9.75. The molecule has 0 aromatic heterocycles. The van der Waals surface area contributed by atoms with Crippen LogP contribution in [0.15, 0.2) is 4.99 Å². The summed E-state index contributed by atoms with van der Waals surface area (Å²) < 4.78 is 0. The highest BCUT2D eigenvalue weighted by Gasteiger charge is 2.34. The summed E-state index contributed by atoms with van der Waals surface area (Å²) in [7, 11) is 0. The van der Waals surface area contributed by atoms with Gasteiger partial charge in [-0.05, 0) is 83.3 Å². The molecule has 69 heavy (non-hydrogen) atoms. The van der Waals surface area contributed by atoms with Gasteiger partial charge in [0, 0.05) is 25.8 Å². The van der Waals surface area contributed by atoms with Crippen LogP contribution in [0.4, 0.5) is 0 Å². The highest BCUT2D eigenvalue weighted by molar-refractivity contribution is 7.98. The summed E-state index contributed by atoms with van der Waals surface area (Å²) in [6, 6.07) is -12.2. The second-order valence-corrected chi connectivity index (χ2v) is 16.5. The molecular formula is C39H67N13O16S. The second-order valence-electron chi connectivity index (χ2n) is 15.5. The number of hydrogen-bond acceptors (Lipinski definition) is 16. The average Bonchev–Trinajstić information content (AvgIpc) is 3.26. The Morgan fingerprint density at radius 2 is 0.928 bits per heavy atom. The number of primary amides is 1. The molecule has 0 heterocycles. The van der Waals surface area contributed by atoms with E-state index in [2.05, 4.69) is 36.9 Å². The molecule has 0 aromatic carbocycles. The van der Waals surface area contributed by atoms with Crippen LogP contribution in [-0.2, 0) is 57.5 Å². The van der Waals surface area contributed by atoms with Crippen molar-refractivity contribution in [3.05, 3.63) is 0 Å². The standard InChI is InChI=1S/C39H67N13O16S/c1-19(31(60)52-26(38(67)68)18-30(58)59)46-33(62)21(6-3-4-15-40)48-34(63)22(7-5-16-45-39(43)44)49-35(64)23(9-11-27(42)53)50-37(66)25(14-17-69-2)51-36(65)24(10-13-29(56)57)47-32(61)20(41)8-12-28(54)55/h19-26H,3-18,40-41H2,1-2H3,(H2,42,53)(H,46,62)(H,47,61)(H,48,63)(H,49,64)(H,50,66)(H,51,65)(H,52,60)(H,54,55)(H,56,57)(H,58,59)(H,67,68)(H4,43,44,45)/t19-,20-,21-,22-,23-,24-,25-,26-/m0/s1. The number of rotatable bonds is 37. The normalized spacial score (nSPS) is 14.3. The van der Waals surface area contributed by atoms with Crippen molar-refractivity contribution in [3.63, 3.8) is 0 Å². The van der Waals surface area contributed by atoms with E-state index in [9.17, 15) is 67.7 Å². The number of aliphatic imine (C=N–C) groups is 1. The maximum Gasteiger partial charge on any atom is 0.326 e. The van der Waals surface area contributed by atoms with Gasteiger partial charge in [0.15, 0.2) is 5.96 Å². The van der Waals surface area contributed by atoms with Crippen LogP contribution in [0, 0.1) is 0 Å². The molecular weight excluding hydrogens is 939 g/mol. The lowest BCUT2D eigenvalue weighted by molar-refractivity contribution is -0.147. The summed E-state index contributed by atoms with van der Waals surface area (Å²) >= 11 is 1.26. The van der Waals surface area contributed by atoms with Crippen molar-refractivity contribution in [1.29, 1.82) is 0 Å². The van der Waals surface area contributed by atoms with Crippen LogP contribution in [0.3, 0.4) is 0 Å². The fourth-order valence-electron chi connectivity index (χ4n) is 5.96. The number of carbonyl (C=O) groups excluding carboxylic acids is 8. The molecule has 0 radical (unpaired) electrons. The SMILES string of the molecule is CSCC[C@H](NC(=O)[C@H](CCC(=O)O)NC(=O)[C@@H](N)CCC(=O)O)C(=O)N[C@@H](CCC(N)=O)C(=O)N[C@@H](CCCN=C(N)N)C(=O)N[C@@H](CCCCN)C(=O)N[C@@H](C)C(=O)N[C@@H](CC(=O)O)C(=O)O. The van der Waals surface area contributed by atoms with Crippen molar-refractivity contribution in [2.75, 3.05) is 25.1 Å². The lowest BCUT2D eigenvalue weighted by Crippen LogP contribution is -2.60. The van der Waals surface area contributed by atoms with Crippen molar-refractivity contribution in [2.24, 2.45) is 33.7 Å². The molecule has 0 aliphatic heterocycles. The predicted molar refractivity (Wildman–Crippen MR) is 245 cm³/mol. The zero-order chi connectivity index (χ0) is 52.8. The number of amides is 8. The van der Waals surface area contributed by atoms with Gasteiger partial charge < -0.3 is 86.3 Å². The molecule has 0 fully saturated rings. The zero-order valence-electron chi connectivity index (χ0n) is 38.4. The molecule has 0 saturated heterocycles. The van der Waals surface area contributed by atoms with E-state index < -0.39 is 158 Å². The lowest BCUT2D eigenvalue weighted by atomic mass is 10.0. The van der Waals surface area contributed by atoms with Crippen LogP contribution >= 0.6 is 11.8 Å². The fraction of sp³-hybridized carbons (Fsp3) is 0.667. The van der Waals surface area contributed by atoms with Crippen LogP contribution in [0.1, 0.15) is 90.4 Å². The third-order valence-corrected chi connectivity index (χ3v) is 10.4. The van der Waals surface area contributed by atoms with Gasteiger partial charge >= 0.3 is 23.9 Å². The van der Waals surface area contributed by atoms with Gasteiger partial charge in [0.1, 0.15) is 42.3 Å². The molecule has 29 nitrogen and oxygen atoms in total. The zero-order valence-corrected chi connectivity index (χ0v) is 39.2. The van der Waals surface area contributed by atoms with E-state index >= 15 is 0 Å². The first-order chi connectivity index (χ1) is 32.3. The molecule has 8 atom stereocenters. The fourth-order valence-corrected chi connectivity index (χ4v) is 6.43. The summed E-state index contributed by atoms with van der Waals surface area (Å²) in [6.45, 7) is 1.32. The van der Waals surface area contributed by atoms with Crippen LogP contribution in [0.5, 0.6) is 0 Å². The van der Waals surface area contributed by atoms with E-state index in [4.69, 9.17) is 38.9 Å². The third kappa shape index (κ3) is 27.6. The molecule has 0 spiro atoms. The van der Waals surface area contributed by atoms with Crippen LogP contribution in [-0.4, -0.2) is 171 Å². The monoisotopic (exact) mass is 1010 g/mol. The maximum absolute atomic E-state index is 14.0. The predicted octanol–water partition coefficient (Wildman–Crippen LogP) is -5.78. The first-order valence-electron chi connectivity index (χ1n) is 21.6. The van der Waals surface area contributed by atoms with Gasteiger partial charge in [-0.3, -0.25) is 57.7 Å². The molecule has 390 valence electrons. The average molecular weight is 1010 g/mol. The Hall–Kier alpha value is -6.82. The van der Waals surface area contributed by atoms with E-state index in [-0.39, 0.29) is 63.3 Å². The smallest absolute Gasteiger partial charge is 0.326 e. The number of hydrogen-bond donors (Lipinski definition) is 16. The number of nitrogens with one attached hydrogen (secondary N) is 7. The number of unbranched alkanes of at least 4 members (excludes halogenated alkanes) is 1. The van der Waals surface area contributed by atoms with E-state index in [1.807, 2.05) is 5.32 Å². The number of carbonyl (C=O) groups is 12. The molecule has 30 heteroatoms.